The van der Waals surface area contributed by atoms with Crippen LogP contribution in [0.2, 0.25) is 5.02 Å². The Morgan fingerprint density at radius 3 is 2.42 bits per heavy atom. The highest BCUT2D eigenvalue weighted by molar-refractivity contribution is 7.89. The maximum Gasteiger partial charge on any atom is 0.251 e. The van der Waals surface area contributed by atoms with E-state index in [-0.39, 0.29) is 22.0 Å². The molecule has 0 atom stereocenters. The Kier molecular flexibility index (Phi) is 8.34. The number of hydrogen-bond donors (Lipinski definition) is 2. The smallest absolute Gasteiger partial charge is 0.251 e. The summed E-state index contributed by atoms with van der Waals surface area (Å²) >= 11 is 6.19. The van der Waals surface area contributed by atoms with E-state index in [2.05, 4.69) is 10.6 Å². The molecule has 1 fully saturated rings. The average molecular weight is 494 g/mol. The van der Waals surface area contributed by atoms with Crippen molar-refractivity contribution in [1.82, 2.24) is 9.62 Å². The van der Waals surface area contributed by atoms with E-state index in [1.165, 1.54) is 29.6 Å². The molecule has 10 heteroatoms. The zero-order valence-corrected chi connectivity index (χ0v) is 20.3. The highest BCUT2D eigenvalue weighted by Gasteiger charge is 2.28. The first-order valence-corrected chi connectivity index (χ1v) is 12.6. The third-order valence-corrected chi connectivity index (χ3v) is 7.80. The molecular weight excluding hydrogens is 466 g/mol. The number of aryl methyl sites for hydroxylation is 1. The standard InChI is InChI=1S/C23H28ClN3O5S/c1-16-7-10-20(32-2)19(13-16)26-22(28)15-25-23(29)17-8-9-18(24)21(14-17)33(30,31)27-11-5-3-4-6-12-27/h7-10,13-14H,3-6,11-12,15H2,1-2H3,(H,25,29)(H,26,28). The van der Waals surface area contributed by atoms with Crippen molar-refractivity contribution in [3.63, 3.8) is 0 Å². The summed E-state index contributed by atoms with van der Waals surface area (Å²) in [7, 11) is -2.33. The first-order valence-electron chi connectivity index (χ1n) is 10.7. The molecule has 1 heterocycles. The van der Waals surface area contributed by atoms with Crippen molar-refractivity contribution in [2.75, 3.05) is 32.1 Å². The lowest BCUT2D eigenvalue weighted by Crippen LogP contribution is -2.34. The molecule has 2 aromatic rings. The number of ether oxygens (including phenoxy) is 1. The fourth-order valence-corrected chi connectivity index (χ4v) is 5.66. The van der Waals surface area contributed by atoms with Crippen LogP contribution >= 0.6 is 11.6 Å². The van der Waals surface area contributed by atoms with Crippen LogP contribution < -0.4 is 15.4 Å². The fourth-order valence-electron chi connectivity index (χ4n) is 3.64. The van der Waals surface area contributed by atoms with Crippen molar-refractivity contribution in [3.8, 4) is 5.75 Å². The molecule has 33 heavy (non-hydrogen) atoms. The average Bonchev–Trinajstić information content (AvgIpc) is 3.08. The number of benzene rings is 2. The van der Waals surface area contributed by atoms with Gasteiger partial charge in [-0.15, -0.1) is 0 Å². The molecule has 1 saturated heterocycles. The molecule has 0 aromatic heterocycles. The van der Waals surface area contributed by atoms with Gasteiger partial charge in [0.1, 0.15) is 10.6 Å². The Hall–Kier alpha value is -2.62. The molecule has 0 unspecified atom stereocenters. The minimum absolute atomic E-state index is 0.0556. The molecule has 3 rings (SSSR count). The summed E-state index contributed by atoms with van der Waals surface area (Å²) < 4.78 is 32.9. The number of carbonyl (C=O) groups excluding carboxylic acids is 2. The summed E-state index contributed by atoms with van der Waals surface area (Å²) in [4.78, 5) is 24.9. The number of rotatable bonds is 7. The summed E-state index contributed by atoms with van der Waals surface area (Å²) in [5.74, 6) is -0.523. The Morgan fingerprint density at radius 2 is 1.76 bits per heavy atom. The molecule has 0 saturated carbocycles. The Morgan fingerprint density at radius 1 is 1.06 bits per heavy atom. The van der Waals surface area contributed by atoms with Gasteiger partial charge < -0.3 is 15.4 Å². The van der Waals surface area contributed by atoms with Crippen LogP contribution in [0, 0.1) is 6.92 Å². The van der Waals surface area contributed by atoms with E-state index < -0.39 is 21.8 Å². The number of hydrogen-bond acceptors (Lipinski definition) is 5. The maximum atomic E-state index is 13.1. The number of anilines is 1. The van der Waals surface area contributed by atoms with Gasteiger partial charge in [0, 0.05) is 18.7 Å². The van der Waals surface area contributed by atoms with Crippen LogP contribution in [0.25, 0.3) is 0 Å². The van der Waals surface area contributed by atoms with Crippen molar-refractivity contribution in [1.29, 1.82) is 0 Å². The van der Waals surface area contributed by atoms with Crippen LogP contribution in [0.3, 0.4) is 0 Å². The highest BCUT2D eigenvalue weighted by Crippen LogP contribution is 2.28. The van der Waals surface area contributed by atoms with E-state index in [0.29, 0.717) is 24.5 Å². The Balaban J connectivity index is 1.69. The van der Waals surface area contributed by atoms with Crippen LogP contribution in [0.5, 0.6) is 5.75 Å². The predicted octanol–water partition coefficient (Wildman–Crippen LogP) is 3.59. The molecule has 0 bridgehead atoms. The molecule has 0 aliphatic carbocycles. The molecule has 1 aliphatic rings. The molecule has 178 valence electrons. The lowest BCUT2D eigenvalue weighted by molar-refractivity contribution is -0.115. The predicted molar refractivity (Wildman–Crippen MR) is 127 cm³/mol. The van der Waals surface area contributed by atoms with E-state index in [1.807, 2.05) is 13.0 Å². The first kappa shape index (κ1) is 25.0. The second-order valence-electron chi connectivity index (χ2n) is 7.90. The van der Waals surface area contributed by atoms with Crippen LogP contribution in [0.15, 0.2) is 41.3 Å². The second-order valence-corrected chi connectivity index (χ2v) is 10.2. The topological polar surface area (TPSA) is 105 Å². The SMILES string of the molecule is COc1ccc(C)cc1NC(=O)CNC(=O)c1ccc(Cl)c(S(=O)(=O)N2CCCCCC2)c1. The molecule has 2 amide bonds. The van der Waals surface area contributed by atoms with Gasteiger partial charge in [-0.05, 0) is 55.7 Å². The van der Waals surface area contributed by atoms with Gasteiger partial charge in [0.25, 0.3) is 5.91 Å². The van der Waals surface area contributed by atoms with Gasteiger partial charge in [-0.1, -0.05) is 30.5 Å². The van der Waals surface area contributed by atoms with Gasteiger partial charge in [0.2, 0.25) is 15.9 Å². The quantitative estimate of drug-likeness (QED) is 0.613. The summed E-state index contributed by atoms with van der Waals surface area (Å²) in [6.45, 7) is 2.44. The Labute approximate surface area is 199 Å². The van der Waals surface area contributed by atoms with Crippen molar-refractivity contribution >= 4 is 39.1 Å². The molecule has 0 radical (unpaired) electrons. The summed E-state index contributed by atoms with van der Waals surface area (Å²) in [5.41, 5.74) is 1.54. The van der Waals surface area contributed by atoms with Crippen molar-refractivity contribution < 1.29 is 22.7 Å². The van der Waals surface area contributed by atoms with Gasteiger partial charge in [-0.2, -0.15) is 4.31 Å². The van der Waals surface area contributed by atoms with Gasteiger partial charge in [-0.25, -0.2) is 8.42 Å². The molecule has 2 N–H and O–H groups in total. The lowest BCUT2D eigenvalue weighted by atomic mass is 10.2. The normalized spacial score (nSPS) is 14.9. The number of nitrogens with zero attached hydrogens (tertiary/aromatic N) is 1. The van der Waals surface area contributed by atoms with Crippen molar-refractivity contribution in [3.05, 3.63) is 52.5 Å². The third-order valence-electron chi connectivity index (χ3n) is 5.41. The lowest BCUT2D eigenvalue weighted by Gasteiger charge is -2.21. The van der Waals surface area contributed by atoms with Crippen LogP contribution in [0.4, 0.5) is 5.69 Å². The first-order chi connectivity index (χ1) is 15.7. The van der Waals surface area contributed by atoms with Gasteiger partial charge in [-0.3, -0.25) is 9.59 Å². The fraction of sp³-hybridized carbons (Fsp3) is 0.391. The van der Waals surface area contributed by atoms with Crippen molar-refractivity contribution in [2.45, 2.75) is 37.5 Å². The van der Waals surface area contributed by atoms with E-state index in [0.717, 1.165) is 31.2 Å². The number of sulfonamides is 1. The number of halogens is 1. The van der Waals surface area contributed by atoms with E-state index in [9.17, 15) is 18.0 Å². The number of methoxy groups -OCH3 is 1. The molecule has 1 aliphatic heterocycles. The summed E-state index contributed by atoms with van der Waals surface area (Å²) in [5, 5.41) is 5.27. The van der Waals surface area contributed by atoms with Crippen LogP contribution in [0.1, 0.15) is 41.6 Å². The molecule has 2 aromatic carbocycles. The monoisotopic (exact) mass is 493 g/mol. The van der Waals surface area contributed by atoms with E-state index in [4.69, 9.17) is 16.3 Å². The molecular formula is C23H28ClN3O5S. The minimum Gasteiger partial charge on any atom is -0.495 e. The zero-order chi connectivity index (χ0) is 24.0. The zero-order valence-electron chi connectivity index (χ0n) is 18.7. The minimum atomic E-state index is -3.83. The third kappa shape index (κ3) is 6.25. The van der Waals surface area contributed by atoms with Gasteiger partial charge in [0.15, 0.2) is 0 Å². The Bertz CT molecular complexity index is 1130. The van der Waals surface area contributed by atoms with Crippen molar-refractivity contribution in [2.24, 2.45) is 0 Å². The second kappa shape index (κ2) is 11.0. The van der Waals surface area contributed by atoms with E-state index in [1.54, 1.807) is 12.1 Å². The molecule has 8 nitrogen and oxygen atoms in total. The van der Waals surface area contributed by atoms with Crippen LogP contribution in [-0.4, -0.2) is 51.3 Å². The summed E-state index contributed by atoms with van der Waals surface area (Å²) in [6.07, 6.45) is 3.55. The number of nitrogens with one attached hydrogen (secondary N) is 2. The largest absolute Gasteiger partial charge is 0.495 e. The van der Waals surface area contributed by atoms with Crippen LogP contribution in [-0.2, 0) is 14.8 Å². The highest BCUT2D eigenvalue weighted by atomic mass is 35.5. The number of carbonyl (C=O) groups is 2. The number of amides is 2. The van der Waals surface area contributed by atoms with E-state index >= 15 is 0 Å². The van der Waals surface area contributed by atoms with Gasteiger partial charge >= 0.3 is 0 Å². The molecule has 0 spiro atoms. The van der Waals surface area contributed by atoms with Gasteiger partial charge in [0.05, 0.1) is 24.4 Å². The summed E-state index contributed by atoms with van der Waals surface area (Å²) in [6, 6.07) is 9.44. The maximum absolute atomic E-state index is 13.1.